The third kappa shape index (κ3) is 5.81. The first-order chi connectivity index (χ1) is 10.9. The molecule has 0 aliphatic heterocycles. The van der Waals surface area contributed by atoms with Gasteiger partial charge in [-0.3, -0.25) is 0 Å². The van der Waals surface area contributed by atoms with Gasteiger partial charge in [0.25, 0.3) is 0 Å². The van der Waals surface area contributed by atoms with Crippen molar-refractivity contribution in [3.05, 3.63) is 10.8 Å². The Labute approximate surface area is 149 Å². The molecule has 0 bridgehead atoms. The highest BCUT2D eigenvalue weighted by Crippen LogP contribution is 2.49. The van der Waals surface area contributed by atoms with Crippen LogP contribution in [0, 0.1) is 0 Å². The Morgan fingerprint density at radius 3 is 1.52 bits per heavy atom. The zero-order chi connectivity index (χ0) is 20.4. The summed E-state index contributed by atoms with van der Waals surface area (Å²) >= 11 is -0.712. The number of alkyl halides is 6. The molecule has 0 fully saturated rings. The van der Waals surface area contributed by atoms with Gasteiger partial charge < -0.3 is 4.18 Å². The van der Waals surface area contributed by atoms with Gasteiger partial charge in [-0.05, 0) is 28.4 Å². The van der Waals surface area contributed by atoms with Crippen LogP contribution in [0.3, 0.4) is 0 Å². The zero-order valence-electron chi connectivity index (χ0n) is 14.6. The summed E-state index contributed by atoms with van der Waals surface area (Å²) in [6, 6.07) is 0. The van der Waals surface area contributed by atoms with E-state index >= 15 is 0 Å². The van der Waals surface area contributed by atoms with Gasteiger partial charge in [-0.15, -0.1) is 0 Å². The highest BCUT2D eigenvalue weighted by molar-refractivity contribution is 8.03. The molecule has 25 heavy (non-hydrogen) atoms. The van der Waals surface area contributed by atoms with E-state index in [9.17, 15) is 34.8 Å². The fourth-order valence-corrected chi connectivity index (χ4v) is 11.7. The Morgan fingerprint density at radius 2 is 1.28 bits per heavy atom. The standard InChI is InChI=1S/C13H22F6O3S2Si/c1-8(2)25(9(3)4,10(5)6)11(7-23-12(14,15)16)22-24(20,21)13(17,18)19/h7-10H,1-6H3/b11-7-. The van der Waals surface area contributed by atoms with Crippen LogP contribution in [0.1, 0.15) is 41.5 Å². The lowest BCUT2D eigenvalue weighted by Crippen LogP contribution is -2.48. The van der Waals surface area contributed by atoms with Gasteiger partial charge in [0.05, 0.1) is 0 Å². The fourth-order valence-electron chi connectivity index (χ4n) is 3.33. The summed E-state index contributed by atoms with van der Waals surface area (Å²) in [5, 5.41) is -0.331. The van der Waals surface area contributed by atoms with Crippen LogP contribution >= 0.6 is 11.8 Å². The van der Waals surface area contributed by atoms with Gasteiger partial charge in [0.15, 0.2) is 0 Å². The zero-order valence-corrected chi connectivity index (χ0v) is 17.3. The van der Waals surface area contributed by atoms with Crippen molar-refractivity contribution < 1.29 is 38.9 Å². The van der Waals surface area contributed by atoms with Crippen LogP contribution in [-0.4, -0.2) is 27.5 Å². The van der Waals surface area contributed by atoms with Gasteiger partial charge in [-0.2, -0.15) is 34.8 Å². The molecule has 0 amide bonds. The molecule has 0 atom stereocenters. The summed E-state index contributed by atoms with van der Waals surface area (Å²) in [4.78, 5) is 0. The van der Waals surface area contributed by atoms with Crippen molar-refractivity contribution in [2.75, 3.05) is 0 Å². The van der Waals surface area contributed by atoms with Crippen LogP contribution in [-0.2, 0) is 14.3 Å². The van der Waals surface area contributed by atoms with Crippen LogP contribution in [0.15, 0.2) is 10.8 Å². The lowest BCUT2D eigenvalue weighted by molar-refractivity contribution is -0.0518. The first-order valence-corrected chi connectivity index (χ1v) is 11.9. The average Bonchev–Trinajstić information content (AvgIpc) is 2.32. The molecule has 0 aliphatic rings. The van der Waals surface area contributed by atoms with Gasteiger partial charge in [-0.1, -0.05) is 41.5 Å². The van der Waals surface area contributed by atoms with Crippen molar-refractivity contribution in [2.24, 2.45) is 0 Å². The van der Waals surface area contributed by atoms with Crippen LogP contribution < -0.4 is 0 Å². The van der Waals surface area contributed by atoms with Crippen molar-refractivity contribution in [3.63, 3.8) is 0 Å². The SMILES string of the molecule is CC(C)[Si](/C(=C\SC(F)(F)F)OS(=O)(=O)C(F)(F)F)(C(C)C)C(C)C. The first kappa shape index (κ1) is 24.6. The number of halogens is 6. The molecular weight excluding hydrogens is 410 g/mol. The molecule has 0 spiro atoms. The summed E-state index contributed by atoms with van der Waals surface area (Å²) in [6.07, 6.45) is 0. The Bertz CT molecular complexity index is 558. The minimum atomic E-state index is -6.06. The van der Waals surface area contributed by atoms with E-state index in [1.807, 2.05) is 0 Å². The Kier molecular flexibility index (Phi) is 8.00. The van der Waals surface area contributed by atoms with E-state index in [2.05, 4.69) is 4.18 Å². The quantitative estimate of drug-likeness (QED) is 0.159. The number of hydrogen-bond acceptors (Lipinski definition) is 4. The number of rotatable bonds is 7. The second kappa shape index (κ2) is 8.11. The first-order valence-electron chi connectivity index (χ1n) is 7.35. The van der Waals surface area contributed by atoms with Gasteiger partial charge in [0.1, 0.15) is 13.5 Å². The Balaban J connectivity index is 6.47. The highest BCUT2D eigenvalue weighted by Gasteiger charge is 2.54. The summed E-state index contributed by atoms with van der Waals surface area (Å²) in [5.74, 6) is 0. The van der Waals surface area contributed by atoms with Gasteiger partial charge in [-0.25, -0.2) is 0 Å². The van der Waals surface area contributed by atoms with Crippen LogP contribution in [0.25, 0.3) is 0 Å². The molecule has 12 heteroatoms. The second-order valence-corrected chi connectivity index (χ2v) is 14.7. The Morgan fingerprint density at radius 1 is 0.920 bits per heavy atom. The lowest BCUT2D eigenvalue weighted by Gasteiger charge is -2.43. The molecule has 0 unspecified atom stereocenters. The smallest absolute Gasteiger partial charge is 0.385 e. The van der Waals surface area contributed by atoms with E-state index in [0.29, 0.717) is 5.41 Å². The molecule has 0 aliphatic carbocycles. The summed E-state index contributed by atoms with van der Waals surface area (Å²) in [7, 11) is -9.27. The largest absolute Gasteiger partial charge is 0.534 e. The molecule has 0 aromatic rings. The van der Waals surface area contributed by atoms with Crippen molar-refractivity contribution in [1.82, 2.24) is 0 Å². The maximum absolute atomic E-state index is 12.7. The maximum atomic E-state index is 12.7. The molecule has 0 saturated carbocycles. The summed E-state index contributed by atoms with van der Waals surface area (Å²) in [5.41, 5.74) is -11.6. The van der Waals surface area contributed by atoms with Crippen LogP contribution in [0.2, 0.25) is 16.6 Å². The summed E-state index contributed by atoms with van der Waals surface area (Å²) < 4.78 is 103. The van der Waals surface area contributed by atoms with Gasteiger partial charge >= 0.3 is 21.1 Å². The molecule has 0 N–H and O–H groups in total. The maximum Gasteiger partial charge on any atom is 0.534 e. The Hall–Kier alpha value is -0.363. The van der Waals surface area contributed by atoms with E-state index in [-0.39, 0.29) is 16.6 Å². The monoisotopic (exact) mass is 432 g/mol. The molecule has 0 radical (unpaired) electrons. The minimum absolute atomic E-state index is 0.351. The minimum Gasteiger partial charge on any atom is -0.385 e. The predicted octanol–water partition coefficient (Wildman–Crippen LogP) is 6.17. The average molecular weight is 433 g/mol. The van der Waals surface area contributed by atoms with Crippen LogP contribution in [0.5, 0.6) is 0 Å². The molecule has 0 saturated heterocycles. The molecule has 150 valence electrons. The van der Waals surface area contributed by atoms with E-state index in [1.54, 1.807) is 41.5 Å². The van der Waals surface area contributed by atoms with Crippen molar-refractivity contribution in [3.8, 4) is 0 Å². The predicted molar refractivity (Wildman–Crippen MR) is 88.8 cm³/mol. The van der Waals surface area contributed by atoms with Gasteiger partial charge in [0.2, 0.25) is 0 Å². The molecule has 0 aromatic carbocycles. The van der Waals surface area contributed by atoms with E-state index in [0.717, 1.165) is 0 Å². The van der Waals surface area contributed by atoms with Crippen molar-refractivity contribution in [1.29, 1.82) is 0 Å². The highest BCUT2D eigenvalue weighted by atomic mass is 32.2. The molecule has 3 nitrogen and oxygen atoms in total. The normalized spacial score (nSPS) is 15.4. The van der Waals surface area contributed by atoms with Crippen molar-refractivity contribution in [2.45, 2.75) is 69.2 Å². The van der Waals surface area contributed by atoms with E-state index in [1.165, 1.54) is 0 Å². The van der Waals surface area contributed by atoms with E-state index in [4.69, 9.17) is 0 Å². The topological polar surface area (TPSA) is 43.4 Å². The second-order valence-electron chi connectivity index (χ2n) is 6.43. The molecule has 0 heterocycles. The van der Waals surface area contributed by atoms with Crippen molar-refractivity contribution >= 4 is 30.0 Å². The van der Waals surface area contributed by atoms with Crippen LogP contribution in [0.4, 0.5) is 26.3 Å². The van der Waals surface area contributed by atoms with Gasteiger partial charge in [0, 0.05) is 5.41 Å². The number of hydrogen-bond donors (Lipinski definition) is 0. The summed E-state index contributed by atoms with van der Waals surface area (Å²) in [6.45, 7) is 9.93. The lowest BCUT2D eigenvalue weighted by atomic mass is 10.5. The number of thioether (sulfide) groups is 1. The molecule has 0 aromatic heterocycles. The molecule has 0 rings (SSSR count). The molecular formula is C13H22F6O3S2Si. The third-order valence-electron chi connectivity index (χ3n) is 4.08. The van der Waals surface area contributed by atoms with E-state index < -0.39 is 46.4 Å². The fraction of sp³-hybridized carbons (Fsp3) is 0.846. The third-order valence-corrected chi connectivity index (χ3v) is 12.8.